The lowest BCUT2D eigenvalue weighted by molar-refractivity contribution is -0.148. The van der Waals surface area contributed by atoms with Crippen LogP contribution in [0.25, 0.3) is 0 Å². The van der Waals surface area contributed by atoms with Crippen LogP contribution in [0, 0.1) is 17.8 Å². The second kappa shape index (κ2) is 14.8. The van der Waals surface area contributed by atoms with Gasteiger partial charge in [-0.1, -0.05) is 57.5 Å². The van der Waals surface area contributed by atoms with Crippen LogP contribution in [0.2, 0.25) is 0 Å². The maximum Gasteiger partial charge on any atom is 0.249 e. The highest BCUT2D eigenvalue weighted by Gasteiger charge is 2.51. The summed E-state index contributed by atoms with van der Waals surface area (Å²) in [5.74, 6) is 0.403. The fraction of sp³-hybridized carbons (Fsp3) is 0.528. The number of carbonyl (C=O) groups excluding carboxylic acids is 3. The van der Waals surface area contributed by atoms with Gasteiger partial charge in [-0.25, -0.2) is 0 Å². The molecule has 1 aliphatic heterocycles. The molecular weight excluding hydrogens is 588 g/mol. The van der Waals surface area contributed by atoms with Gasteiger partial charge in [0.15, 0.2) is 11.5 Å². The minimum absolute atomic E-state index is 0.0174. The second-order valence-corrected chi connectivity index (χ2v) is 13.1. The molecule has 0 radical (unpaired) electrons. The van der Waals surface area contributed by atoms with E-state index in [1.54, 1.807) is 23.1 Å². The Hall–Kier alpha value is -3.73. The summed E-state index contributed by atoms with van der Waals surface area (Å²) in [6.07, 6.45) is 3.15. The summed E-state index contributed by atoms with van der Waals surface area (Å²) in [5, 5.41) is 24.1. The summed E-state index contributed by atoms with van der Waals surface area (Å²) in [4.78, 5) is 41.1. The average molecular weight is 635 g/mol. The van der Waals surface area contributed by atoms with Crippen molar-refractivity contribution in [3.8, 4) is 11.5 Å². The maximum absolute atomic E-state index is 14.2. The number of hydrogen-bond donors (Lipinski definition) is 3. The van der Waals surface area contributed by atoms with E-state index in [2.05, 4.69) is 26.1 Å². The molecule has 1 heterocycles. The van der Waals surface area contributed by atoms with Gasteiger partial charge in [0.1, 0.15) is 25.1 Å². The molecule has 1 saturated carbocycles. The van der Waals surface area contributed by atoms with Crippen LogP contribution in [0.4, 0.5) is 0 Å². The van der Waals surface area contributed by atoms with Crippen LogP contribution in [0.3, 0.4) is 0 Å². The van der Waals surface area contributed by atoms with Gasteiger partial charge in [0.25, 0.3) is 0 Å². The minimum atomic E-state index is -1.23. The van der Waals surface area contributed by atoms with Gasteiger partial charge in [-0.3, -0.25) is 14.4 Å². The molecule has 7 atom stereocenters. The number of methoxy groups -OCH3 is 1. The number of aldehydes is 1. The minimum Gasteiger partial charge on any atom is -0.493 e. The molecule has 2 amide bonds. The van der Waals surface area contributed by atoms with Crippen LogP contribution in [0.1, 0.15) is 67.4 Å². The predicted molar refractivity (Wildman–Crippen MR) is 172 cm³/mol. The zero-order valence-corrected chi connectivity index (χ0v) is 27.1. The van der Waals surface area contributed by atoms with Gasteiger partial charge in [0, 0.05) is 29.8 Å². The highest BCUT2D eigenvalue weighted by Crippen LogP contribution is 2.51. The Labute approximate surface area is 270 Å². The standard InChI is InChI=1S/C36H46N2O8/c1-21(2)25-11-10-22(3)14-29(25)45-20-31(41)38(18-23-8-6-5-7-9-23)28-17-27(36(43)37-12-13-39)32-26-15-24(19-40)16-30(44-4)34(26)46-35(32)33(28)42/h5-9,15-17,19,21-22,25,28-29,32-33,35,39,42H,10-14,18,20H2,1-4H3,(H,37,43). The smallest absolute Gasteiger partial charge is 0.249 e. The van der Waals surface area contributed by atoms with E-state index >= 15 is 0 Å². The van der Waals surface area contributed by atoms with Crippen LogP contribution >= 0.6 is 0 Å². The fourth-order valence-electron chi connectivity index (χ4n) is 7.27. The van der Waals surface area contributed by atoms with Crippen LogP contribution in [0.15, 0.2) is 54.1 Å². The predicted octanol–water partition coefficient (Wildman–Crippen LogP) is 3.64. The van der Waals surface area contributed by atoms with E-state index in [-0.39, 0.29) is 43.9 Å². The van der Waals surface area contributed by atoms with E-state index in [4.69, 9.17) is 14.2 Å². The fourth-order valence-corrected chi connectivity index (χ4v) is 7.27. The van der Waals surface area contributed by atoms with Crippen LogP contribution in [0.5, 0.6) is 11.5 Å². The summed E-state index contributed by atoms with van der Waals surface area (Å²) >= 11 is 0. The van der Waals surface area contributed by atoms with E-state index in [9.17, 15) is 24.6 Å². The van der Waals surface area contributed by atoms with Crippen LogP contribution in [-0.2, 0) is 20.9 Å². The molecule has 10 heteroatoms. The lowest BCUT2D eigenvalue weighted by atomic mass is 9.75. The molecule has 10 nitrogen and oxygen atoms in total. The molecule has 46 heavy (non-hydrogen) atoms. The van der Waals surface area contributed by atoms with E-state index in [1.807, 2.05) is 30.3 Å². The van der Waals surface area contributed by atoms with E-state index in [1.165, 1.54) is 7.11 Å². The van der Waals surface area contributed by atoms with Crippen molar-refractivity contribution in [1.82, 2.24) is 10.2 Å². The number of nitrogens with one attached hydrogen (secondary N) is 1. The molecule has 2 aromatic carbocycles. The van der Waals surface area contributed by atoms with Gasteiger partial charge in [-0.05, 0) is 54.4 Å². The van der Waals surface area contributed by atoms with E-state index in [0.29, 0.717) is 46.7 Å². The highest BCUT2D eigenvalue weighted by molar-refractivity contribution is 5.96. The highest BCUT2D eigenvalue weighted by atomic mass is 16.5. The van der Waals surface area contributed by atoms with E-state index in [0.717, 1.165) is 24.8 Å². The van der Waals surface area contributed by atoms with Crippen molar-refractivity contribution in [2.45, 2.75) is 76.9 Å². The van der Waals surface area contributed by atoms with Gasteiger partial charge in [0.05, 0.1) is 31.8 Å². The summed E-state index contributed by atoms with van der Waals surface area (Å²) in [5.41, 5.74) is 1.99. The first-order valence-electron chi connectivity index (χ1n) is 16.2. The molecule has 0 aromatic heterocycles. The summed E-state index contributed by atoms with van der Waals surface area (Å²) < 4.78 is 18.2. The molecule has 1 fully saturated rings. The molecular formula is C36H46N2O8. The Morgan fingerprint density at radius 2 is 1.93 bits per heavy atom. The number of aliphatic hydroxyl groups is 2. The summed E-state index contributed by atoms with van der Waals surface area (Å²) in [6.45, 7) is 6.36. The molecule has 2 aromatic rings. The van der Waals surface area contributed by atoms with Crippen molar-refractivity contribution in [1.29, 1.82) is 0 Å². The number of rotatable bonds is 12. The lowest BCUT2D eigenvalue weighted by Crippen LogP contribution is -2.56. The van der Waals surface area contributed by atoms with Crippen molar-refractivity contribution in [2.24, 2.45) is 17.8 Å². The monoisotopic (exact) mass is 634 g/mol. The van der Waals surface area contributed by atoms with Crippen molar-refractivity contribution in [2.75, 3.05) is 26.9 Å². The van der Waals surface area contributed by atoms with E-state index < -0.39 is 30.1 Å². The molecule has 3 aliphatic rings. The summed E-state index contributed by atoms with van der Waals surface area (Å²) in [7, 11) is 1.45. The van der Waals surface area contributed by atoms with Gasteiger partial charge >= 0.3 is 0 Å². The van der Waals surface area contributed by atoms with Gasteiger partial charge < -0.3 is 34.6 Å². The zero-order chi connectivity index (χ0) is 33.0. The molecule has 248 valence electrons. The van der Waals surface area contributed by atoms with Gasteiger partial charge in [0.2, 0.25) is 11.8 Å². The molecule has 0 bridgehead atoms. The Morgan fingerprint density at radius 1 is 1.17 bits per heavy atom. The Kier molecular flexibility index (Phi) is 10.8. The molecule has 0 saturated heterocycles. The molecule has 0 spiro atoms. The van der Waals surface area contributed by atoms with Crippen molar-refractivity contribution >= 4 is 18.1 Å². The van der Waals surface area contributed by atoms with Gasteiger partial charge in [-0.2, -0.15) is 0 Å². The zero-order valence-electron chi connectivity index (χ0n) is 27.1. The van der Waals surface area contributed by atoms with Crippen molar-refractivity contribution < 1.29 is 38.8 Å². The topological polar surface area (TPSA) is 135 Å². The normalized spacial score (nSPS) is 26.8. The first kappa shape index (κ1) is 33.6. The lowest BCUT2D eigenvalue weighted by Gasteiger charge is -2.41. The largest absolute Gasteiger partial charge is 0.493 e. The Morgan fingerprint density at radius 3 is 2.61 bits per heavy atom. The third-order valence-corrected chi connectivity index (χ3v) is 9.67. The molecule has 2 aliphatic carbocycles. The first-order valence-corrected chi connectivity index (χ1v) is 16.2. The Bertz CT molecular complexity index is 1430. The third-order valence-electron chi connectivity index (χ3n) is 9.67. The maximum atomic E-state index is 14.2. The van der Waals surface area contributed by atoms with Crippen molar-refractivity contribution in [3.05, 3.63) is 70.8 Å². The SMILES string of the molecule is COc1cc(C=O)cc2c1OC1C2C(C(=O)NCCO)=CC(N(Cc2ccccc2)C(=O)COC2CC(C)CCC2C(C)C)C1O. The average Bonchev–Trinajstić information content (AvgIpc) is 3.45. The van der Waals surface area contributed by atoms with Crippen molar-refractivity contribution in [3.63, 3.8) is 0 Å². The second-order valence-electron chi connectivity index (χ2n) is 13.1. The molecule has 7 unspecified atom stereocenters. The summed E-state index contributed by atoms with van der Waals surface area (Å²) in [6, 6.07) is 11.7. The third kappa shape index (κ3) is 6.99. The number of ether oxygens (including phenoxy) is 3. The van der Waals surface area contributed by atoms with Gasteiger partial charge in [-0.15, -0.1) is 0 Å². The number of nitrogens with zero attached hydrogens (tertiary/aromatic N) is 1. The van der Waals surface area contributed by atoms with Crippen LogP contribution in [-0.4, -0.2) is 84.4 Å². The number of hydrogen-bond acceptors (Lipinski definition) is 8. The number of amides is 2. The quantitative estimate of drug-likeness (QED) is 0.302. The number of aliphatic hydroxyl groups excluding tert-OH is 2. The Balaban J connectivity index is 1.52. The van der Waals surface area contributed by atoms with Crippen LogP contribution < -0.4 is 14.8 Å². The molecule has 5 rings (SSSR count). The number of fused-ring (bicyclic) bond motifs is 3. The number of benzene rings is 2. The molecule has 3 N–H and O–H groups in total. The first-order chi connectivity index (χ1) is 22.2. The number of carbonyl (C=O) groups is 3.